The zero-order valence-corrected chi connectivity index (χ0v) is 14.4. The average molecular weight is 373 g/mol. The lowest BCUT2D eigenvalue weighted by Crippen LogP contribution is -2.21. The number of benzene rings is 2. The van der Waals surface area contributed by atoms with Crippen molar-refractivity contribution in [1.82, 2.24) is 0 Å². The molecule has 2 aromatic rings. The number of rotatable bonds is 2. The molecule has 2 aromatic carbocycles. The van der Waals surface area contributed by atoms with Gasteiger partial charge in [-0.2, -0.15) is 0 Å². The van der Waals surface area contributed by atoms with Crippen molar-refractivity contribution in [2.45, 2.75) is 23.5 Å². The molecule has 1 aliphatic rings. The SMILES string of the molecule is CC1CCOc2c(F)ccc(F)c2C1S(=O)(=O)c1ccc(Cl)cc1. The van der Waals surface area contributed by atoms with Gasteiger partial charge in [-0.25, -0.2) is 17.2 Å². The quantitative estimate of drug-likeness (QED) is 0.776. The predicted molar refractivity (Wildman–Crippen MR) is 87.0 cm³/mol. The number of ether oxygens (including phenoxy) is 1. The normalized spacial score (nSPS) is 20.8. The molecule has 0 saturated carbocycles. The Hall–Kier alpha value is -1.66. The van der Waals surface area contributed by atoms with Crippen LogP contribution in [0.25, 0.3) is 0 Å². The van der Waals surface area contributed by atoms with Crippen LogP contribution >= 0.6 is 11.6 Å². The Labute approximate surface area is 144 Å². The smallest absolute Gasteiger partial charge is 0.185 e. The summed E-state index contributed by atoms with van der Waals surface area (Å²) in [7, 11) is -3.95. The molecule has 0 aromatic heterocycles. The Kier molecular flexibility index (Phi) is 4.53. The minimum atomic E-state index is -3.95. The lowest BCUT2D eigenvalue weighted by molar-refractivity contribution is 0.286. The number of sulfone groups is 1. The topological polar surface area (TPSA) is 43.4 Å². The van der Waals surface area contributed by atoms with Crippen molar-refractivity contribution < 1.29 is 21.9 Å². The Balaban J connectivity index is 2.23. The molecule has 0 spiro atoms. The van der Waals surface area contributed by atoms with Crippen LogP contribution in [0.4, 0.5) is 8.78 Å². The highest BCUT2D eigenvalue weighted by atomic mass is 35.5. The van der Waals surface area contributed by atoms with E-state index in [-0.39, 0.29) is 22.8 Å². The highest BCUT2D eigenvalue weighted by Gasteiger charge is 2.40. The lowest BCUT2D eigenvalue weighted by Gasteiger charge is -2.23. The summed E-state index contributed by atoms with van der Waals surface area (Å²) < 4.78 is 60.0. The van der Waals surface area contributed by atoms with Gasteiger partial charge in [-0.1, -0.05) is 18.5 Å². The van der Waals surface area contributed by atoms with Crippen LogP contribution < -0.4 is 4.74 Å². The van der Waals surface area contributed by atoms with Gasteiger partial charge in [-0.05, 0) is 48.7 Å². The highest BCUT2D eigenvalue weighted by Crippen LogP contribution is 2.45. The largest absolute Gasteiger partial charge is 0.490 e. The van der Waals surface area contributed by atoms with Crippen LogP contribution in [0.15, 0.2) is 41.3 Å². The summed E-state index contributed by atoms with van der Waals surface area (Å²) in [6, 6.07) is 7.51. The Morgan fingerprint density at radius 2 is 1.71 bits per heavy atom. The van der Waals surface area contributed by atoms with Crippen LogP contribution in [0.1, 0.15) is 24.2 Å². The molecule has 0 aliphatic carbocycles. The third-order valence-corrected chi connectivity index (χ3v) is 6.74. The summed E-state index contributed by atoms with van der Waals surface area (Å²) in [4.78, 5) is 0.0141. The first-order valence-corrected chi connectivity index (χ1v) is 9.35. The second kappa shape index (κ2) is 6.33. The average Bonchev–Trinajstić information content (AvgIpc) is 2.71. The summed E-state index contributed by atoms with van der Waals surface area (Å²) in [5.74, 6) is -2.32. The van der Waals surface area contributed by atoms with Crippen LogP contribution in [0.2, 0.25) is 5.02 Å². The number of fused-ring (bicyclic) bond motifs is 1. The lowest BCUT2D eigenvalue weighted by atomic mass is 9.97. The summed E-state index contributed by atoms with van der Waals surface area (Å²) >= 11 is 5.80. The van der Waals surface area contributed by atoms with Gasteiger partial charge in [0.2, 0.25) is 0 Å². The van der Waals surface area contributed by atoms with E-state index in [0.717, 1.165) is 12.1 Å². The van der Waals surface area contributed by atoms with Gasteiger partial charge in [0.05, 0.1) is 17.1 Å². The van der Waals surface area contributed by atoms with E-state index in [4.69, 9.17) is 16.3 Å². The first-order valence-electron chi connectivity index (χ1n) is 7.42. The third kappa shape index (κ3) is 2.89. The molecule has 7 heteroatoms. The van der Waals surface area contributed by atoms with E-state index in [1.807, 2.05) is 0 Å². The molecule has 2 unspecified atom stereocenters. The molecule has 0 bridgehead atoms. The molecule has 0 radical (unpaired) electrons. The summed E-state index contributed by atoms with van der Waals surface area (Å²) in [6.07, 6.45) is 0.366. The molecular formula is C17H15ClF2O3S. The van der Waals surface area contributed by atoms with Crippen LogP contribution in [-0.2, 0) is 9.84 Å². The highest BCUT2D eigenvalue weighted by molar-refractivity contribution is 7.91. The fraction of sp³-hybridized carbons (Fsp3) is 0.294. The third-order valence-electron chi connectivity index (χ3n) is 4.19. The Bertz CT molecular complexity index is 866. The van der Waals surface area contributed by atoms with Gasteiger partial charge >= 0.3 is 0 Å². The first-order chi connectivity index (χ1) is 11.3. The van der Waals surface area contributed by atoms with Crippen molar-refractivity contribution in [2.24, 2.45) is 5.92 Å². The summed E-state index contributed by atoms with van der Waals surface area (Å²) in [5.41, 5.74) is -0.241. The van der Waals surface area contributed by atoms with E-state index >= 15 is 0 Å². The molecule has 24 heavy (non-hydrogen) atoms. The zero-order valence-electron chi connectivity index (χ0n) is 12.8. The second-order valence-electron chi connectivity index (χ2n) is 5.81. The molecule has 0 saturated heterocycles. The minimum Gasteiger partial charge on any atom is -0.490 e. The van der Waals surface area contributed by atoms with E-state index < -0.39 is 32.6 Å². The molecule has 0 amide bonds. The van der Waals surface area contributed by atoms with Gasteiger partial charge in [0.15, 0.2) is 21.4 Å². The van der Waals surface area contributed by atoms with Gasteiger partial charge in [0, 0.05) is 5.02 Å². The predicted octanol–water partition coefficient (Wildman–Crippen LogP) is 4.55. The van der Waals surface area contributed by atoms with Gasteiger partial charge < -0.3 is 4.74 Å². The maximum Gasteiger partial charge on any atom is 0.185 e. The maximum absolute atomic E-state index is 14.4. The van der Waals surface area contributed by atoms with Crippen molar-refractivity contribution in [3.8, 4) is 5.75 Å². The summed E-state index contributed by atoms with van der Waals surface area (Å²) in [6.45, 7) is 1.82. The summed E-state index contributed by atoms with van der Waals surface area (Å²) in [5, 5.41) is -0.837. The molecule has 1 aliphatic heterocycles. The molecule has 0 fully saturated rings. The standard InChI is InChI=1S/C17H15ClF2O3S/c1-10-8-9-23-16-14(20)7-6-13(19)15(16)17(10)24(21,22)12-4-2-11(18)3-5-12/h2-7,10,17H,8-9H2,1H3. The van der Waals surface area contributed by atoms with Crippen molar-refractivity contribution in [2.75, 3.05) is 6.61 Å². The van der Waals surface area contributed by atoms with Crippen molar-refractivity contribution in [3.63, 3.8) is 0 Å². The van der Waals surface area contributed by atoms with Gasteiger partial charge in [0.25, 0.3) is 0 Å². The van der Waals surface area contributed by atoms with Gasteiger partial charge in [-0.15, -0.1) is 0 Å². The molecule has 0 N–H and O–H groups in total. The van der Waals surface area contributed by atoms with E-state index in [0.29, 0.717) is 11.4 Å². The molecule has 3 rings (SSSR count). The van der Waals surface area contributed by atoms with E-state index in [1.54, 1.807) is 6.92 Å². The van der Waals surface area contributed by atoms with Gasteiger partial charge in [0.1, 0.15) is 11.1 Å². The fourth-order valence-corrected chi connectivity index (χ4v) is 5.19. The molecular weight excluding hydrogens is 358 g/mol. The molecule has 3 nitrogen and oxygen atoms in total. The number of hydrogen-bond acceptors (Lipinski definition) is 3. The minimum absolute atomic E-state index is 0.0141. The van der Waals surface area contributed by atoms with Crippen LogP contribution in [-0.4, -0.2) is 15.0 Å². The zero-order chi connectivity index (χ0) is 17.5. The fourth-order valence-electron chi connectivity index (χ4n) is 2.98. The molecule has 2 atom stereocenters. The van der Waals surface area contributed by atoms with Crippen molar-refractivity contribution in [3.05, 3.63) is 58.6 Å². The van der Waals surface area contributed by atoms with E-state index in [9.17, 15) is 17.2 Å². The van der Waals surface area contributed by atoms with Crippen LogP contribution in [0.5, 0.6) is 5.75 Å². The van der Waals surface area contributed by atoms with Crippen molar-refractivity contribution in [1.29, 1.82) is 0 Å². The molecule has 1 heterocycles. The number of halogens is 3. The van der Waals surface area contributed by atoms with Gasteiger partial charge in [-0.3, -0.25) is 0 Å². The second-order valence-corrected chi connectivity index (χ2v) is 8.31. The van der Waals surface area contributed by atoms with Crippen LogP contribution in [0.3, 0.4) is 0 Å². The Morgan fingerprint density at radius 3 is 2.38 bits per heavy atom. The Morgan fingerprint density at radius 1 is 1.08 bits per heavy atom. The number of hydrogen-bond donors (Lipinski definition) is 0. The van der Waals surface area contributed by atoms with Crippen LogP contribution in [0, 0.1) is 17.6 Å². The molecule has 128 valence electrons. The maximum atomic E-state index is 14.4. The monoisotopic (exact) mass is 372 g/mol. The van der Waals surface area contributed by atoms with Crippen molar-refractivity contribution >= 4 is 21.4 Å². The van der Waals surface area contributed by atoms with E-state index in [1.165, 1.54) is 24.3 Å². The van der Waals surface area contributed by atoms with E-state index in [2.05, 4.69) is 0 Å². The first kappa shape index (κ1) is 17.2.